The Balaban J connectivity index is 1.64. The number of benzene rings is 2. The highest BCUT2D eigenvalue weighted by Gasteiger charge is 2.21. The smallest absolute Gasteiger partial charge is 0.322 e. The Morgan fingerprint density at radius 2 is 1.59 bits per heavy atom. The van der Waals surface area contributed by atoms with Gasteiger partial charge in [-0.25, -0.2) is 0 Å². The van der Waals surface area contributed by atoms with E-state index in [9.17, 15) is 9.59 Å². The molecule has 2 aromatic carbocycles. The van der Waals surface area contributed by atoms with Crippen molar-refractivity contribution < 1.29 is 18.7 Å². The topological polar surface area (TPSA) is 106 Å². The molecular formula is C21H22N4O4. The van der Waals surface area contributed by atoms with Gasteiger partial charge in [0.1, 0.15) is 5.75 Å². The lowest BCUT2D eigenvalue weighted by atomic mass is 9.95. The summed E-state index contributed by atoms with van der Waals surface area (Å²) < 4.78 is 10.6. The van der Waals surface area contributed by atoms with E-state index < -0.39 is 11.3 Å². The van der Waals surface area contributed by atoms with Crippen LogP contribution in [0.2, 0.25) is 0 Å². The third-order valence-corrected chi connectivity index (χ3v) is 4.07. The molecule has 3 aromatic rings. The molecule has 0 aliphatic carbocycles. The molecule has 8 nitrogen and oxygen atoms in total. The molecule has 0 saturated carbocycles. The molecule has 0 aliphatic rings. The maximum Gasteiger partial charge on any atom is 0.322 e. The Bertz CT molecular complexity index is 1000. The first-order valence-electron chi connectivity index (χ1n) is 8.97. The zero-order valence-corrected chi connectivity index (χ0v) is 16.6. The molecule has 3 rings (SSSR count). The van der Waals surface area contributed by atoms with Gasteiger partial charge in [-0.2, -0.15) is 0 Å². The number of nitrogens with zero attached hydrogens (tertiary/aromatic N) is 2. The Kier molecular flexibility index (Phi) is 5.63. The van der Waals surface area contributed by atoms with E-state index in [0.29, 0.717) is 22.6 Å². The molecule has 8 heteroatoms. The molecule has 29 heavy (non-hydrogen) atoms. The quantitative estimate of drug-likeness (QED) is 0.678. The predicted octanol–water partition coefficient (Wildman–Crippen LogP) is 3.98. The van der Waals surface area contributed by atoms with Crippen molar-refractivity contribution in [3.8, 4) is 17.2 Å². The minimum Gasteiger partial charge on any atom is -0.497 e. The van der Waals surface area contributed by atoms with Gasteiger partial charge in [0, 0.05) is 22.2 Å². The number of carbonyl (C=O) groups is 2. The van der Waals surface area contributed by atoms with E-state index in [2.05, 4.69) is 20.8 Å². The van der Waals surface area contributed by atoms with Gasteiger partial charge in [0.15, 0.2) is 0 Å². The number of aromatic nitrogens is 2. The summed E-state index contributed by atoms with van der Waals surface area (Å²) in [6.07, 6.45) is 0. The van der Waals surface area contributed by atoms with Gasteiger partial charge in [-0.15, -0.1) is 5.10 Å². The Morgan fingerprint density at radius 3 is 2.17 bits per heavy atom. The maximum absolute atomic E-state index is 12.4. The van der Waals surface area contributed by atoms with Crippen LogP contribution in [0.15, 0.2) is 52.9 Å². The Morgan fingerprint density at radius 1 is 0.931 bits per heavy atom. The summed E-state index contributed by atoms with van der Waals surface area (Å²) in [5.74, 6) is 0.488. The van der Waals surface area contributed by atoms with Crippen LogP contribution < -0.4 is 15.4 Å². The van der Waals surface area contributed by atoms with Crippen LogP contribution >= 0.6 is 0 Å². The number of hydrogen-bond donors (Lipinski definition) is 2. The molecule has 0 bridgehead atoms. The second-order valence-corrected chi connectivity index (χ2v) is 7.38. The van der Waals surface area contributed by atoms with Gasteiger partial charge in [0.2, 0.25) is 11.8 Å². The second kappa shape index (κ2) is 8.14. The lowest BCUT2D eigenvalue weighted by Gasteiger charge is -2.17. The highest BCUT2D eigenvalue weighted by Crippen LogP contribution is 2.23. The van der Waals surface area contributed by atoms with Crippen LogP contribution in [0.3, 0.4) is 0 Å². The van der Waals surface area contributed by atoms with Crippen molar-refractivity contribution in [2.24, 2.45) is 5.41 Å². The normalized spacial score (nSPS) is 11.0. The fraction of sp³-hybridized carbons (Fsp3) is 0.238. The molecule has 2 amide bonds. The number of methoxy groups -OCH3 is 1. The van der Waals surface area contributed by atoms with E-state index in [0.717, 1.165) is 0 Å². The molecule has 2 N–H and O–H groups in total. The average molecular weight is 394 g/mol. The first-order valence-corrected chi connectivity index (χ1v) is 8.97. The molecule has 1 aromatic heterocycles. The van der Waals surface area contributed by atoms with Crippen molar-refractivity contribution in [1.82, 2.24) is 10.2 Å². The third kappa shape index (κ3) is 4.98. The highest BCUT2D eigenvalue weighted by atomic mass is 16.5. The fourth-order valence-corrected chi connectivity index (χ4v) is 2.32. The zero-order valence-electron chi connectivity index (χ0n) is 16.6. The van der Waals surface area contributed by atoms with Gasteiger partial charge >= 0.3 is 6.01 Å². The van der Waals surface area contributed by atoms with Crippen LogP contribution in [0.1, 0.15) is 31.1 Å². The van der Waals surface area contributed by atoms with Gasteiger partial charge in [-0.3, -0.25) is 14.9 Å². The second-order valence-electron chi connectivity index (χ2n) is 7.38. The van der Waals surface area contributed by atoms with Crippen LogP contribution in [0.5, 0.6) is 5.75 Å². The summed E-state index contributed by atoms with van der Waals surface area (Å²) in [7, 11) is 1.58. The van der Waals surface area contributed by atoms with E-state index >= 15 is 0 Å². The molecule has 0 atom stereocenters. The van der Waals surface area contributed by atoms with Gasteiger partial charge in [0.05, 0.1) is 7.11 Å². The van der Waals surface area contributed by atoms with E-state index in [1.807, 2.05) is 20.8 Å². The minimum absolute atomic E-state index is 0.00840. The number of hydrogen-bond acceptors (Lipinski definition) is 6. The van der Waals surface area contributed by atoms with Crippen molar-refractivity contribution in [2.75, 3.05) is 17.7 Å². The van der Waals surface area contributed by atoms with Crippen molar-refractivity contribution in [3.05, 3.63) is 54.1 Å². The molecule has 0 unspecified atom stereocenters. The first-order chi connectivity index (χ1) is 13.8. The lowest BCUT2D eigenvalue weighted by Crippen LogP contribution is -2.27. The SMILES string of the molecule is COc1ccc(-c2nnc(NC(=O)c3ccc(NC(=O)C(C)(C)C)cc3)o2)cc1. The third-order valence-electron chi connectivity index (χ3n) is 4.07. The first kappa shape index (κ1) is 20.1. The molecule has 0 saturated heterocycles. The van der Waals surface area contributed by atoms with E-state index in [4.69, 9.17) is 9.15 Å². The minimum atomic E-state index is -0.504. The summed E-state index contributed by atoms with van der Waals surface area (Å²) in [4.78, 5) is 24.4. The summed E-state index contributed by atoms with van der Waals surface area (Å²) >= 11 is 0. The number of rotatable bonds is 5. The van der Waals surface area contributed by atoms with Crippen LogP contribution in [-0.2, 0) is 4.79 Å². The lowest BCUT2D eigenvalue weighted by molar-refractivity contribution is -0.123. The number of amides is 2. The van der Waals surface area contributed by atoms with E-state index in [1.54, 1.807) is 55.6 Å². The van der Waals surface area contributed by atoms with Crippen LogP contribution in [0.25, 0.3) is 11.5 Å². The highest BCUT2D eigenvalue weighted by molar-refractivity contribution is 6.03. The Hall–Kier alpha value is -3.68. The molecular weight excluding hydrogens is 372 g/mol. The van der Waals surface area contributed by atoms with E-state index in [1.165, 1.54) is 0 Å². The molecule has 0 radical (unpaired) electrons. The van der Waals surface area contributed by atoms with Gasteiger partial charge in [-0.1, -0.05) is 25.9 Å². The van der Waals surface area contributed by atoms with Gasteiger partial charge in [0.25, 0.3) is 5.91 Å². The maximum atomic E-state index is 12.4. The number of ether oxygens (including phenoxy) is 1. The molecule has 1 heterocycles. The van der Waals surface area contributed by atoms with Crippen molar-refractivity contribution in [1.29, 1.82) is 0 Å². The fourth-order valence-electron chi connectivity index (χ4n) is 2.32. The monoisotopic (exact) mass is 394 g/mol. The predicted molar refractivity (Wildman–Crippen MR) is 109 cm³/mol. The summed E-state index contributed by atoms with van der Waals surface area (Å²) in [5.41, 5.74) is 1.21. The number of carbonyl (C=O) groups excluding carboxylic acids is 2. The zero-order chi connectivity index (χ0) is 21.0. The van der Waals surface area contributed by atoms with Gasteiger partial charge in [-0.05, 0) is 48.5 Å². The van der Waals surface area contributed by atoms with Crippen LogP contribution in [-0.4, -0.2) is 29.1 Å². The summed E-state index contributed by atoms with van der Waals surface area (Å²) in [6.45, 7) is 5.48. The summed E-state index contributed by atoms with van der Waals surface area (Å²) in [5, 5.41) is 13.2. The van der Waals surface area contributed by atoms with Crippen LogP contribution in [0.4, 0.5) is 11.7 Å². The standard InChI is InChI=1S/C21H22N4O4/c1-21(2,3)19(27)22-15-9-5-13(6-10-15)17(26)23-20-25-24-18(29-20)14-7-11-16(28-4)12-8-14/h5-12H,1-4H3,(H,22,27)(H,23,25,26). The summed E-state index contributed by atoms with van der Waals surface area (Å²) in [6, 6.07) is 13.6. The largest absolute Gasteiger partial charge is 0.497 e. The van der Waals surface area contributed by atoms with Crippen LogP contribution in [0, 0.1) is 5.41 Å². The van der Waals surface area contributed by atoms with E-state index in [-0.39, 0.29) is 17.8 Å². The Labute approximate surface area is 168 Å². The number of nitrogens with one attached hydrogen (secondary N) is 2. The number of anilines is 2. The molecule has 0 spiro atoms. The van der Waals surface area contributed by atoms with Crippen molar-refractivity contribution >= 4 is 23.5 Å². The molecule has 150 valence electrons. The molecule has 0 aliphatic heterocycles. The molecule has 0 fully saturated rings. The van der Waals surface area contributed by atoms with Gasteiger partial charge < -0.3 is 14.5 Å². The van der Waals surface area contributed by atoms with Crippen molar-refractivity contribution in [2.45, 2.75) is 20.8 Å². The average Bonchev–Trinajstić information content (AvgIpc) is 3.16. The van der Waals surface area contributed by atoms with Crippen molar-refractivity contribution in [3.63, 3.8) is 0 Å².